The lowest BCUT2D eigenvalue weighted by atomic mass is 10.2. The Morgan fingerprint density at radius 2 is 2.21 bits per heavy atom. The van der Waals surface area contributed by atoms with Gasteiger partial charge in [-0.2, -0.15) is 17.0 Å². The van der Waals surface area contributed by atoms with Crippen molar-refractivity contribution in [1.29, 1.82) is 0 Å². The highest BCUT2D eigenvalue weighted by Crippen LogP contribution is 2.21. The summed E-state index contributed by atoms with van der Waals surface area (Å²) in [5.41, 5.74) is 0. The summed E-state index contributed by atoms with van der Waals surface area (Å²) < 4.78 is 26.2. The zero-order valence-corrected chi connectivity index (χ0v) is 9.33. The standard InChI is InChI=1S/C7H17N3O3S/c1-9(2)14(11,12)10-5-3-4-7(10)6-13-8/h7H,3-6,8H2,1-2H3. The van der Waals surface area contributed by atoms with Crippen LogP contribution in [0.5, 0.6) is 0 Å². The Balaban J connectivity index is 2.76. The fourth-order valence-corrected chi connectivity index (χ4v) is 2.92. The van der Waals surface area contributed by atoms with Crippen molar-refractivity contribution in [1.82, 2.24) is 8.61 Å². The maximum absolute atomic E-state index is 11.8. The number of hydrogen-bond acceptors (Lipinski definition) is 4. The van der Waals surface area contributed by atoms with Crippen LogP contribution in [0.25, 0.3) is 0 Å². The predicted octanol–water partition coefficient (Wildman–Crippen LogP) is -0.852. The second-order valence-corrected chi connectivity index (χ2v) is 5.63. The SMILES string of the molecule is CN(C)S(=O)(=O)N1CCCC1CON. The normalized spacial score (nSPS) is 24.7. The smallest absolute Gasteiger partial charge is 0.281 e. The molecule has 1 saturated heterocycles. The molecule has 1 unspecified atom stereocenters. The van der Waals surface area contributed by atoms with Gasteiger partial charge in [-0.1, -0.05) is 0 Å². The van der Waals surface area contributed by atoms with E-state index in [-0.39, 0.29) is 12.6 Å². The van der Waals surface area contributed by atoms with Crippen LogP contribution >= 0.6 is 0 Å². The molecule has 1 fully saturated rings. The van der Waals surface area contributed by atoms with E-state index in [9.17, 15) is 8.42 Å². The van der Waals surface area contributed by atoms with E-state index < -0.39 is 10.2 Å². The number of nitrogens with two attached hydrogens (primary N) is 1. The van der Waals surface area contributed by atoms with Gasteiger partial charge in [-0.15, -0.1) is 0 Å². The van der Waals surface area contributed by atoms with Gasteiger partial charge in [0.05, 0.1) is 12.6 Å². The lowest BCUT2D eigenvalue weighted by molar-refractivity contribution is 0.0997. The molecule has 0 amide bonds. The van der Waals surface area contributed by atoms with E-state index in [4.69, 9.17) is 5.90 Å². The van der Waals surface area contributed by atoms with E-state index in [2.05, 4.69) is 4.84 Å². The highest BCUT2D eigenvalue weighted by atomic mass is 32.2. The van der Waals surface area contributed by atoms with Crippen LogP contribution in [0, 0.1) is 0 Å². The molecule has 2 N–H and O–H groups in total. The summed E-state index contributed by atoms with van der Waals surface area (Å²) in [5, 5.41) is 0. The number of nitrogens with zero attached hydrogens (tertiary/aromatic N) is 2. The highest BCUT2D eigenvalue weighted by Gasteiger charge is 2.35. The monoisotopic (exact) mass is 223 g/mol. The van der Waals surface area contributed by atoms with Gasteiger partial charge in [0.25, 0.3) is 10.2 Å². The first-order valence-electron chi connectivity index (χ1n) is 4.51. The molecule has 0 aromatic rings. The van der Waals surface area contributed by atoms with Crippen LogP contribution in [0.2, 0.25) is 0 Å². The van der Waals surface area contributed by atoms with Gasteiger partial charge in [0, 0.05) is 20.6 Å². The van der Waals surface area contributed by atoms with E-state index in [0.717, 1.165) is 12.8 Å². The summed E-state index contributed by atoms with van der Waals surface area (Å²) in [6.07, 6.45) is 1.67. The molecule has 0 aromatic heterocycles. The maximum Gasteiger partial charge on any atom is 0.281 e. The lowest BCUT2D eigenvalue weighted by Gasteiger charge is -2.26. The molecular weight excluding hydrogens is 206 g/mol. The molecule has 1 aliphatic rings. The van der Waals surface area contributed by atoms with Crippen molar-refractivity contribution in [2.75, 3.05) is 27.2 Å². The third kappa shape index (κ3) is 2.23. The minimum atomic E-state index is -3.32. The molecular formula is C7H17N3O3S. The average molecular weight is 223 g/mol. The van der Waals surface area contributed by atoms with Crippen molar-refractivity contribution < 1.29 is 13.3 Å². The van der Waals surface area contributed by atoms with Crippen molar-refractivity contribution in [2.45, 2.75) is 18.9 Å². The van der Waals surface area contributed by atoms with Gasteiger partial charge in [0.15, 0.2) is 0 Å². The van der Waals surface area contributed by atoms with Crippen molar-refractivity contribution in [3.8, 4) is 0 Å². The molecule has 1 rings (SSSR count). The van der Waals surface area contributed by atoms with Crippen LogP contribution in [-0.4, -0.2) is 50.3 Å². The number of rotatable bonds is 4. The fourth-order valence-electron chi connectivity index (χ4n) is 1.60. The summed E-state index contributed by atoms with van der Waals surface area (Å²) in [4.78, 5) is 4.51. The summed E-state index contributed by atoms with van der Waals surface area (Å²) in [6.45, 7) is 0.807. The van der Waals surface area contributed by atoms with E-state index in [0.29, 0.717) is 6.54 Å². The summed E-state index contributed by atoms with van der Waals surface area (Å²) in [5.74, 6) is 4.95. The summed E-state index contributed by atoms with van der Waals surface area (Å²) in [7, 11) is -0.273. The molecule has 84 valence electrons. The van der Waals surface area contributed by atoms with Crippen LogP contribution in [0.3, 0.4) is 0 Å². The highest BCUT2D eigenvalue weighted by molar-refractivity contribution is 7.86. The molecule has 1 atom stereocenters. The average Bonchev–Trinajstić information content (AvgIpc) is 2.53. The Morgan fingerprint density at radius 1 is 1.57 bits per heavy atom. The second kappa shape index (κ2) is 4.54. The molecule has 6 nitrogen and oxygen atoms in total. The largest absolute Gasteiger partial charge is 0.303 e. The summed E-state index contributed by atoms with van der Waals surface area (Å²) in [6, 6.07) is -0.118. The first-order valence-corrected chi connectivity index (χ1v) is 5.91. The van der Waals surface area contributed by atoms with E-state index in [1.54, 1.807) is 0 Å². The van der Waals surface area contributed by atoms with Crippen LogP contribution < -0.4 is 5.90 Å². The minimum Gasteiger partial charge on any atom is -0.303 e. The predicted molar refractivity (Wildman–Crippen MR) is 52.5 cm³/mol. The fraction of sp³-hybridized carbons (Fsp3) is 1.00. The number of hydrogen-bond donors (Lipinski definition) is 1. The molecule has 0 spiro atoms. The van der Waals surface area contributed by atoms with E-state index in [1.165, 1.54) is 22.7 Å². The van der Waals surface area contributed by atoms with Gasteiger partial charge in [0.1, 0.15) is 0 Å². The topological polar surface area (TPSA) is 75.9 Å². The van der Waals surface area contributed by atoms with E-state index >= 15 is 0 Å². The van der Waals surface area contributed by atoms with E-state index in [1.807, 2.05) is 0 Å². The quantitative estimate of drug-likeness (QED) is 0.630. The first kappa shape index (κ1) is 11.9. The Morgan fingerprint density at radius 3 is 2.71 bits per heavy atom. The van der Waals surface area contributed by atoms with Crippen molar-refractivity contribution in [3.05, 3.63) is 0 Å². The molecule has 14 heavy (non-hydrogen) atoms. The molecule has 1 aliphatic heterocycles. The third-order valence-electron chi connectivity index (χ3n) is 2.37. The van der Waals surface area contributed by atoms with Crippen molar-refractivity contribution in [3.63, 3.8) is 0 Å². The molecule has 7 heteroatoms. The third-order valence-corrected chi connectivity index (χ3v) is 4.37. The van der Waals surface area contributed by atoms with Crippen molar-refractivity contribution in [2.24, 2.45) is 5.90 Å². The van der Waals surface area contributed by atoms with Crippen LogP contribution in [-0.2, 0) is 15.0 Å². The first-order chi connectivity index (χ1) is 6.50. The lowest BCUT2D eigenvalue weighted by Crippen LogP contribution is -2.44. The van der Waals surface area contributed by atoms with Gasteiger partial charge in [-0.3, -0.25) is 0 Å². The molecule has 0 saturated carbocycles. The second-order valence-electron chi connectivity index (χ2n) is 3.53. The molecule has 1 heterocycles. The van der Waals surface area contributed by atoms with Crippen LogP contribution in [0.1, 0.15) is 12.8 Å². The zero-order valence-electron chi connectivity index (χ0n) is 8.51. The minimum absolute atomic E-state index is 0.118. The van der Waals surface area contributed by atoms with Gasteiger partial charge in [-0.25, -0.2) is 5.90 Å². The van der Waals surface area contributed by atoms with Gasteiger partial charge in [-0.05, 0) is 12.8 Å². The molecule has 0 aliphatic carbocycles. The maximum atomic E-state index is 11.8. The van der Waals surface area contributed by atoms with Crippen LogP contribution in [0.15, 0.2) is 0 Å². The van der Waals surface area contributed by atoms with Crippen LogP contribution in [0.4, 0.5) is 0 Å². The molecule has 0 bridgehead atoms. The summed E-state index contributed by atoms with van der Waals surface area (Å²) >= 11 is 0. The Bertz CT molecular complexity index is 278. The molecule has 0 aromatic carbocycles. The Labute approximate surface area is 84.7 Å². The van der Waals surface area contributed by atoms with Gasteiger partial charge in [0.2, 0.25) is 0 Å². The van der Waals surface area contributed by atoms with Gasteiger partial charge >= 0.3 is 0 Å². The zero-order chi connectivity index (χ0) is 10.8. The van der Waals surface area contributed by atoms with Crippen molar-refractivity contribution >= 4 is 10.2 Å². The molecule has 0 radical (unpaired) electrons. The Kier molecular flexibility index (Phi) is 3.85. The Hall–Kier alpha value is -0.210. The van der Waals surface area contributed by atoms with Gasteiger partial charge < -0.3 is 4.84 Å².